The standard InChI is InChI=1S/C22H29NO6/c1-23(10-9-15-7-8-17(25-2)18(11-15)26-3)21(24)14-16-12-19(27-4)22(29-6)20(13-16)28-5/h7-8,11-13H,9-10,14H2,1-6H3. The van der Waals surface area contributed by atoms with Gasteiger partial charge in [0.05, 0.1) is 42.0 Å². The van der Waals surface area contributed by atoms with E-state index in [2.05, 4.69) is 0 Å². The molecule has 1 amide bonds. The van der Waals surface area contributed by atoms with Gasteiger partial charge in [0.2, 0.25) is 11.7 Å². The number of carbonyl (C=O) groups is 1. The van der Waals surface area contributed by atoms with E-state index in [1.165, 1.54) is 0 Å². The fourth-order valence-electron chi connectivity index (χ4n) is 3.00. The van der Waals surface area contributed by atoms with Crippen LogP contribution < -0.4 is 23.7 Å². The molecular formula is C22H29NO6. The van der Waals surface area contributed by atoms with Crippen molar-refractivity contribution in [3.05, 3.63) is 41.5 Å². The number of rotatable bonds is 10. The van der Waals surface area contributed by atoms with Gasteiger partial charge in [-0.3, -0.25) is 4.79 Å². The topological polar surface area (TPSA) is 66.5 Å². The average molecular weight is 403 g/mol. The average Bonchev–Trinajstić information content (AvgIpc) is 2.76. The van der Waals surface area contributed by atoms with Crippen LogP contribution in [0.1, 0.15) is 11.1 Å². The van der Waals surface area contributed by atoms with Gasteiger partial charge < -0.3 is 28.6 Å². The Morgan fingerprint density at radius 3 is 1.83 bits per heavy atom. The summed E-state index contributed by atoms with van der Waals surface area (Å²) in [7, 11) is 9.66. The zero-order valence-electron chi connectivity index (χ0n) is 17.9. The number of ether oxygens (including phenoxy) is 5. The first-order valence-electron chi connectivity index (χ1n) is 9.21. The smallest absolute Gasteiger partial charge is 0.226 e. The molecule has 0 saturated heterocycles. The van der Waals surface area contributed by atoms with Crippen molar-refractivity contribution in [1.29, 1.82) is 0 Å². The first-order valence-corrected chi connectivity index (χ1v) is 9.21. The number of hydrogen-bond acceptors (Lipinski definition) is 6. The van der Waals surface area contributed by atoms with Crippen molar-refractivity contribution in [1.82, 2.24) is 4.90 Å². The summed E-state index contributed by atoms with van der Waals surface area (Å²) < 4.78 is 26.6. The van der Waals surface area contributed by atoms with Gasteiger partial charge in [-0.1, -0.05) is 6.07 Å². The summed E-state index contributed by atoms with van der Waals surface area (Å²) in [6, 6.07) is 9.35. The lowest BCUT2D eigenvalue weighted by molar-refractivity contribution is -0.129. The molecule has 0 fully saturated rings. The van der Waals surface area contributed by atoms with Crippen molar-refractivity contribution in [2.75, 3.05) is 49.1 Å². The lowest BCUT2D eigenvalue weighted by Gasteiger charge is -2.19. The van der Waals surface area contributed by atoms with Crippen LogP contribution in [-0.4, -0.2) is 59.9 Å². The Labute approximate surface area is 172 Å². The molecule has 0 atom stereocenters. The number of carbonyl (C=O) groups excluding carboxylic acids is 1. The van der Waals surface area contributed by atoms with Crippen LogP contribution in [0.4, 0.5) is 0 Å². The van der Waals surface area contributed by atoms with Gasteiger partial charge >= 0.3 is 0 Å². The maximum atomic E-state index is 12.7. The van der Waals surface area contributed by atoms with Gasteiger partial charge in [0.15, 0.2) is 23.0 Å². The first-order chi connectivity index (χ1) is 14.0. The van der Waals surface area contributed by atoms with E-state index in [0.29, 0.717) is 41.7 Å². The Morgan fingerprint density at radius 1 is 0.759 bits per heavy atom. The fourth-order valence-corrected chi connectivity index (χ4v) is 3.00. The van der Waals surface area contributed by atoms with E-state index in [9.17, 15) is 4.79 Å². The molecule has 0 radical (unpaired) electrons. The highest BCUT2D eigenvalue weighted by Gasteiger charge is 2.17. The van der Waals surface area contributed by atoms with Crippen molar-refractivity contribution in [3.8, 4) is 28.7 Å². The Morgan fingerprint density at radius 2 is 1.31 bits per heavy atom. The summed E-state index contributed by atoms with van der Waals surface area (Å²) in [6.07, 6.45) is 0.941. The summed E-state index contributed by atoms with van der Waals surface area (Å²) in [5.41, 5.74) is 1.86. The number of likely N-dealkylation sites (N-methyl/N-ethyl adjacent to an activating group) is 1. The Hall–Kier alpha value is -3.09. The van der Waals surface area contributed by atoms with E-state index in [-0.39, 0.29) is 12.3 Å². The molecule has 0 heterocycles. The summed E-state index contributed by atoms with van der Waals surface area (Å²) in [5, 5.41) is 0. The molecule has 0 saturated carbocycles. The van der Waals surface area contributed by atoms with Gasteiger partial charge in [0, 0.05) is 13.6 Å². The van der Waals surface area contributed by atoms with Gasteiger partial charge in [-0.2, -0.15) is 0 Å². The molecule has 7 nitrogen and oxygen atoms in total. The van der Waals surface area contributed by atoms with E-state index in [1.807, 2.05) is 18.2 Å². The second-order valence-corrected chi connectivity index (χ2v) is 6.46. The van der Waals surface area contributed by atoms with E-state index in [0.717, 1.165) is 11.1 Å². The minimum absolute atomic E-state index is 0.000232. The first kappa shape index (κ1) is 22.2. The molecule has 0 spiro atoms. The van der Waals surface area contributed by atoms with Crippen molar-refractivity contribution < 1.29 is 28.5 Å². The molecule has 0 bridgehead atoms. The van der Waals surface area contributed by atoms with Crippen molar-refractivity contribution >= 4 is 5.91 Å². The minimum Gasteiger partial charge on any atom is -0.493 e. The van der Waals surface area contributed by atoms with Gasteiger partial charge in [-0.25, -0.2) is 0 Å². The van der Waals surface area contributed by atoms with Gasteiger partial charge in [-0.05, 0) is 41.8 Å². The van der Waals surface area contributed by atoms with E-state index in [1.54, 1.807) is 59.6 Å². The zero-order chi connectivity index (χ0) is 21.4. The molecule has 0 unspecified atom stereocenters. The molecule has 158 valence electrons. The van der Waals surface area contributed by atoms with Crippen LogP contribution in [0.2, 0.25) is 0 Å². The third kappa shape index (κ3) is 5.47. The second-order valence-electron chi connectivity index (χ2n) is 6.46. The number of nitrogens with zero attached hydrogens (tertiary/aromatic N) is 1. The number of methoxy groups -OCH3 is 5. The third-order valence-corrected chi connectivity index (χ3v) is 4.69. The molecule has 0 aliphatic rings. The normalized spacial score (nSPS) is 10.3. The molecule has 0 aliphatic carbocycles. The van der Waals surface area contributed by atoms with Crippen LogP contribution in [0.25, 0.3) is 0 Å². The SMILES string of the molecule is COc1ccc(CCN(C)C(=O)Cc2cc(OC)c(OC)c(OC)c2)cc1OC. The third-order valence-electron chi connectivity index (χ3n) is 4.69. The Bertz CT molecular complexity index is 811. The largest absolute Gasteiger partial charge is 0.493 e. The molecule has 2 aromatic carbocycles. The summed E-state index contributed by atoms with van der Waals surface area (Å²) in [5.74, 6) is 2.93. The van der Waals surface area contributed by atoms with Gasteiger partial charge in [-0.15, -0.1) is 0 Å². The predicted octanol–water partition coefficient (Wildman–Crippen LogP) is 2.97. The zero-order valence-corrected chi connectivity index (χ0v) is 17.9. The van der Waals surface area contributed by atoms with Crippen LogP contribution >= 0.6 is 0 Å². The molecule has 2 rings (SSSR count). The predicted molar refractivity (Wildman–Crippen MR) is 111 cm³/mol. The van der Waals surface area contributed by atoms with Crippen molar-refractivity contribution in [2.45, 2.75) is 12.8 Å². The maximum absolute atomic E-state index is 12.7. The van der Waals surface area contributed by atoms with Crippen molar-refractivity contribution in [3.63, 3.8) is 0 Å². The van der Waals surface area contributed by atoms with Crippen LogP contribution in [0.15, 0.2) is 30.3 Å². The molecule has 7 heteroatoms. The summed E-state index contributed by atoms with van der Waals surface area (Å²) >= 11 is 0. The molecule has 2 aromatic rings. The molecule has 0 N–H and O–H groups in total. The number of hydrogen-bond donors (Lipinski definition) is 0. The van der Waals surface area contributed by atoms with Crippen LogP contribution in [0.3, 0.4) is 0 Å². The van der Waals surface area contributed by atoms with E-state index < -0.39 is 0 Å². The van der Waals surface area contributed by atoms with Crippen LogP contribution in [0.5, 0.6) is 28.7 Å². The van der Waals surface area contributed by atoms with Crippen LogP contribution in [0, 0.1) is 0 Å². The molecular weight excluding hydrogens is 374 g/mol. The highest BCUT2D eigenvalue weighted by molar-refractivity contribution is 5.79. The highest BCUT2D eigenvalue weighted by atomic mass is 16.5. The van der Waals surface area contributed by atoms with E-state index in [4.69, 9.17) is 23.7 Å². The second kappa shape index (κ2) is 10.5. The lowest BCUT2D eigenvalue weighted by atomic mass is 10.1. The number of benzene rings is 2. The van der Waals surface area contributed by atoms with E-state index >= 15 is 0 Å². The maximum Gasteiger partial charge on any atom is 0.226 e. The quantitative estimate of drug-likeness (QED) is 0.608. The van der Waals surface area contributed by atoms with Gasteiger partial charge in [0.1, 0.15) is 0 Å². The molecule has 0 aliphatic heterocycles. The van der Waals surface area contributed by atoms with Crippen molar-refractivity contribution in [2.24, 2.45) is 0 Å². The monoisotopic (exact) mass is 403 g/mol. The van der Waals surface area contributed by atoms with Crippen LogP contribution in [-0.2, 0) is 17.6 Å². The Kier molecular flexibility index (Phi) is 8.00. The van der Waals surface area contributed by atoms with Gasteiger partial charge in [0.25, 0.3) is 0 Å². The highest BCUT2D eigenvalue weighted by Crippen LogP contribution is 2.38. The summed E-state index contributed by atoms with van der Waals surface area (Å²) in [4.78, 5) is 14.4. The molecule has 0 aromatic heterocycles. The minimum atomic E-state index is -0.000232. The summed E-state index contributed by atoms with van der Waals surface area (Å²) in [6.45, 7) is 0.582. The number of amides is 1. The Balaban J connectivity index is 2.04. The lowest BCUT2D eigenvalue weighted by Crippen LogP contribution is -2.30. The fraction of sp³-hybridized carbons (Fsp3) is 0.409. The molecule has 29 heavy (non-hydrogen) atoms.